The Bertz CT molecular complexity index is 1870. The number of carbonyl (C=O) groups is 3. The van der Waals surface area contributed by atoms with Crippen LogP contribution >= 0.6 is 0 Å². The standard InChI is InChI=1S/C43H54N6O6/c1-4-5-21-48-30(2)23-46(25-32-10-14-34(15-11-32)41(50)44-53)27-37(48)18-19-38-28-47(43(52)40-9-7-6-8-39(40)36-20-22-55-29-36)24-31(3)49(38)26-33-12-16-35(17-13-33)42(51)45-54/h6-17,20,22,29-31,37-38,53-54H,4-5,18-19,21,23-28H2,1-3H3,(H,44,50)(H,45,51)/t30-,31-,37+,38+/m0/s1. The minimum Gasteiger partial charge on any atom is -0.472 e. The van der Waals surface area contributed by atoms with Crippen LogP contribution in [0.3, 0.4) is 0 Å². The molecule has 0 radical (unpaired) electrons. The van der Waals surface area contributed by atoms with Crippen LogP contribution in [0.4, 0.5) is 0 Å². The van der Waals surface area contributed by atoms with Crippen LogP contribution in [0.1, 0.15) is 88.7 Å². The van der Waals surface area contributed by atoms with E-state index in [1.807, 2.05) is 59.5 Å². The van der Waals surface area contributed by atoms with E-state index in [2.05, 4.69) is 35.5 Å². The molecule has 1 aromatic heterocycles. The molecule has 6 rings (SSSR count). The Morgan fingerprint density at radius 1 is 0.727 bits per heavy atom. The van der Waals surface area contributed by atoms with Crippen LogP contribution in [0, 0.1) is 0 Å². The lowest BCUT2D eigenvalue weighted by Gasteiger charge is -2.49. The molecule has 2 aliphatic heterocycles. The molecular formula is C43H54N6O6. The highest BCUT2D eigenvalue weighted by Gasteiger charge is 2.37. The largest absolute Gasteiger partial charge is 0.472 e. The van der Waals surface area contributed by atoms with E-state index in [0.717, 1.165) is 74.1 Å². The molecule has 0 bridgehead atoms. The Kier molecular flexibility index (Phi) is 13.5. The number of benzene rings is 3. The van der Waals surface area contributed by atoms with Gasteiger partial charge in [0.15, 0.2) is 0 Å². The second kappa shape index (κ2) is 18.7. The van der Waals surface area contributed by atoms with Gasteiger partial charge < -0.3 is 9.32 Å². The second-order valence-corrected chi connectivity index (χ2v) is 15.1. The van der Waals surface area contributed by atoms with Crippen LogP contribution in [0.25, 0.3) is 11.1 Å². The van der Waals surface area contributed by atoms with Crippen LogP contribution in [0.15, 0.2) is 95.8 Å². The summed E-state index contributed by atoms with van der Waals surface area (Å²) in [5, 5.41) is 18.1. The molecule has 2 fully saturated rings. The zero-order chi connectivity index (χ0) is 38.9. The molecule has 292 valence electrons. The van der Waals surface area contributed by atoms with Crippen molar-refractivity contribution in [3.8, 4) is 11.1 Å². The molecule has 3 aromatic carbocycles. The Balaban J connectivity index is 1.23. The maximum Gasteiger partial charge on any atom is 0.274 e. The first-order valence-electron chi connectivity index (χ1n) is 19.4. The molecule has 0 aliphatic carbocycles. The highest BCUT2D eigenvalue weighted by Crippen LogP contribution is 2.30. The number of hydroxylamine groups is 2. The number of hydrogen-bond acceptors (Lipinski definition) is 9. The van der Waals surface area contributed by atoms with Crippen LogP contribution in [-0.2, 0) is 13.1 Å². The number of furan rings is 1. The molecular weight excluding hydrogens is 697 g/mol. The van der Waals surface area contributed by atoms with Crippen LogP contribution < -0.4 is 11.0 Å². The van der Waals surface area contributed by atoms with Crippen molar-refractivity contribution in [1.82, 2.24) is 30.6 Å². The lowest BCUT2D eigenvalue weighted by molar-refractivity contribution is -0.000558. The van der Waals surface area contributed by atoms with Crippen LogP contribution in [0.5, 0.6) is 0 Å². The van der Waals surface area contributed by atoms with Crippen molar-refractivity contribution in [2.45, 2.75) is 83.7 Å². The Morgan fingerprint density at radius 2 is 1.33 bits per heavy atom. The van der Waals surface area contributed by atoms with Gasteiger partial charge in [0.1, 0.15) is 0 Å². The molecule has 0 spiro atoms. The topological polar surface area (TPSA) is 142 Å². The van der Waals surface area contributed by atoms with E-state index in [4.69, 9.17) is 14.8 Å². The molecule has 0 unspecified atom stereocenters. The van der Waals surface area contributed by atoms with E-state index < -0.39 is 11.8 Å². The van der Waals surface area contributed by atoms with E-state index >= 15 is 0 Å². The van der Waals surface area contributed by atoms with Gasteiger partial charge in [0.25, 0.3) is 17.7 Å². The van der Waals surface area contributed by atoms with Gasteiger partial charge in [0.2, 0.25) is 0 Å². The van der Waals surface area contributed by atoms with Gasteiger partial charge in [-0.05, 0) is 92.7 Å². The highest BCUT2D eigenvalue weighted by molar-refractivity contribution is 6.01. The van der Waals surface area contributed by atoms with Crippen LogP contribution in [-0.4, -0.2) is 105 Å². The number of nitrogens with zero attached hydrogens (tertiary/aromatic N) is 4. The molecule has 3 heterocycles. The van der Waals surface area contributed by atoms with Crippen molar-refractivity contribution in [2.24, 2.45) is 0 Å². The maximum absolute atomic E-state index is 14.4. The lowest BCUT2D eigenvalue weighted by atomic mass is 9.94. The number of carbonyl (C=O) groups excluding carboxylic acids is 3. The fourth-order valence-electron chi connectivity index (χ4n) is 8.39. The number of amides is 3. The average Bonchev–Trinajstić information content (AvgIpc) is 3.75. The maximum atomic E-state index is 14.4. The molecule has 2 aliphatic rings. The van der Waals surface area contributed by atoms with Crippen molar-refractivity contribution in [3.05, 3.63) is 119 Å². The molecule has 55 heavy (non-hydrogen) atoms. The van der Waals surface area contributed by atoms with Gasteiger partial charge in [-0.1, -0.05) is 55.8 Å². The number of unbranched alkanes of at least 4 members (excludes halogenated alkanes) is 1. The number of rotatable bonds is 14. The predicted octanol–water partition coefficient (Wildman–Crippen LogP) is 6.05. The second-order valence-electron chi connectivity index (χ2n) is 15.1. The summed E-state index contributed by atoms with van der Waals surface area (Å²) in [4.78, 5) is 48.0. The van der Waals surface area contributed by atoms with Gasteiger partial charge in [0.05, 0.1) is 12.5 Å². The van der Waals surface area contributed by atoms with Gasteiger partial charge >= 0.3 is 0 Å². The van der Waals surface area contributed by atoms with Crippen molar-refractivity contribution in [3.63, 3.8) is 0 Å². The van der Waals surface area contributed by atoms with Gasteiger partial charge in [-0.15, -0.1) is 0 Å². The van der Waals surface area contributed by atoms with E-state index in [-0.39, 0.29) is 18.0 Å². The predicted molar refractivity (Wildman–Crippen MR) is 210 cm³/mol. The number of nitrogens with one attached hydrogen (secondary N) is 2. The smallest absolute Gasteiger partial charge is 0.274 e. The van der Waals surface area contributed by atoms with Crippen molar-refractivity contribution in [1.29, 1.82) is 0 Å². The average molecular weight is 751 g/mol. The molecule has 3 amide bonds. The third-order valence-electron chi connectivity index (χ3n) is 11.3. The van der Waals surface area contributed by atoms with Gasteiger partial charge in [-0.2, -0.15) is 0 Å². The van der Waals surface area contributed by atoms with Crippen molar-refractivity contribution < 1.29 is 29.2 Å². The van der Waals surface area contributed by atoms with Gasteiger partial charge in [0, 0.05) is 85.7 Å². The van der Waals surface area contributed by atoms with Gasteiger partial charge in [-0.3, -0.25) is 39.5 Å². The Labute approximate surface area is 323 Å². The van der Waals surface area contributed by atoms with E-state index in [1.165, 1.54) is 0 Å². The molecule has 0 saturated carbocycles. The summed E-state index contributed by atoms with van der Waals surface area (Å²) >= 11 is 0. The van der Waals surface area contributed by atoms with Crippen molar-refractivity contribution >= 4 is 17.7 Å². The Morgan fingerprint density at radius 3 is 1.93 bits per heavy atom. The third kappa shape index (κ3) is 9.70. The molecule has 12 nitrogen and oxygen atoms in total. The van der Waals surface area contributed by atoms with E-state index in [9.17, 15) is 14.4 Å². The fourth-order valence-corrected chi connectivity index (χ4v) is 8.39. The third-order valence-corrected chi connectivity index (χ3v) is 11.3. The number of piperazine rings is 2. The highest BCUT2D eigenvalue weighted by atomic mass is 16.5. The minimum absolute atomic E-state index is 0.0113. The zero-order valence-electron chi connectivity index (χ0n) is 32.1. The summed E-state index contributed by atoms with van der Waals surface area (Å²) in [6.45, 7) is 12.2. The first kappa shape index (κ1) is 39.8. The van der Waals surface area contributed by atoms with Crippen molar-refractivity contribution in [2.75, 3.05) is 32.7 Å². The number of hydrogen-bond donors (Lipinski definition) is 4. The summed E-state index contributed by atoms with van der Waals surface area (Å²) in [5.41, 5.74) is 8.77. The summed E-state index contributed by atoms with van der Waals surface area (Å²) in [5.74, 6) is -1.06. The summed E-state index contributed by atoms with van der Waals surface area (Å²) in [6.07, 6.45) is 7.40. The summed E-state index contributed by atoms with van der Waals surface area (Å²) in [7, 11) is 0. The normalized spacial score (nSPS) is 21.0. The first-order valence-corrected chi connectivity index (χ1v) is 19.4. The molecule has 4 N–H and O–H groups in total. The minimum atomic E-state index is -0.546. The quantitative estimate of drug-likeness (QED) is 0.0895. The Hall–Kier alpha value is -4.85. The van der Waals surface area contributed by atoms with E-state index in [1.54, 1.807) is 47.8 Å². The SMILES string of the molecule is CCCCN1[C@H](CC[C@@H]2CN(C(=O)c3ccccc3-c3ccoc3)C[C@H](C)N2Cc2ccc(C(=O)NO)cc2)CN(Cc2ccc(C(=O)NO)cc2)C[C@@H]1C. The molecule has 4 atom stereocenters. The van der Waals surface area contributed by atoms with E-state index in [0.29, 0.717) is 48.4 Å². The molecule has 4 aromatic rings. The lowest BCUT2D eigenvalue weighted by Crippen LogP contribution is -2.60. The summed E-state index contributed by atoms with van der Waals surface area (Å²) < 4.78 is 5.37. The fraction of sp³-hybridized carbons (Fsp3) is 0.419. The zero-order valence-corrected chi connectivity index (χ0v) is 32.1. The van der Waals surface area contributed by atoms with Gasteiger partial charge in [-0.25, -0.2) is 11.0 Å². The molecule has 2 saturated heterocycles. The monoisotopic (exact) mass is 750 g/mol. The first-order chi connectivity index (χ1) is 26.7. The molecule has 12 heteroatoms. The summed E-state index contributed by atoms with van der Waals surface area (Å²) in [6, 6.07) is 25.2. The van der Waals surface area contributed by atoms with Crippen LogP contribution in [0.2, 0.25) is 0 Å².